The molecule has 0 aliphatic rings. The molecule has 2 unspecified atom stereocenters. The number of nitrogens with two attached hydrogens (primary N) is 2. The Balaban J connectivity index is 3.92. The van der Waals surface area contributed by atoms with E-state index < -0.39 is 11.9 Å². The van der Waals surface area contributed by atoms with Crippen molar-refractivity contribution in [3.05, 3.63) is 0 Å². The summed E-state index contributed by atoms with van der Waals surface area (Å²) in [4.78, 5) is 10.4. The fraction of sp³-hybridized carbons (Fsp3) is 0.833. The second-order valence-electron chi connectivity index (χ2n) is 2.39. The Morgan fingerprint density at radius 1 is 1.50 bits per heavy atom. The van der Waals surface area contributed by atoms with Gasteiger partial charge in [0.2, 0.25) is 0 Å². The van der Waals surface area contributed by atoms with Crippen molar-refractivity contribution in [2.75, 3.05) is 13.1 Å². The van der Waals surface area contributed by atoms with E-state index in [4.69, 9.17) is 16.6 Å². The topological polar surface area (TPSA) is 89.3 Å². The normalized spacial score (nSPS) is 16.3. The van der Waals surface area contributed by atoms with E-state index in [1.165, 1.54) is 0 Å². The number of hydrogen-bond donors (Lipinski definition) is 3. The van der Waals surface area contributed by atoms with Crippen molar-refractivity contribution < 1.29 is 9.90 Å². The summed E-state index contributed by atoms with van der Waals surface area (Å²) in [6, 6.07) is 0. The zero-order valence-corrected chi connectivity index (χ0v) is 6.08. The van der Waals surface area contributed by atoms with Crippen LogP contribution >= 0.6 is 0 Å². The molecule has 0 spiro atoms. The van der Waals surface area contributed by atoms with Crippen molar-refractivity contribution >= 4 is 5.97 Å². The predicted molar refractivity (Wildman–Crippen MR) is 38.4 cm³/mol. The fourth-order valence-electron chi connectivity index (χ4n) is 0.741. The van der Waals surface area contributed by atoms with Crippen LogP contribution in [0.2, 0.25) is 0 Å². The number of aliphatic carboxylic acids is 1. The first-order valence-electron chi connectivity index (χ1n) is 3.26. The van der Waals surface area contributed by atoms with Gasteiger partial charge in [-0.15, -0.1) is 0 Å². The van der Waals surface area contributed by atoms with E-state index in [0.717, 1.165) is 0 Å². The van der Waals surface area contributed by atoms with Crippen molar-refractivity contribution in [2.45, 2.75) is 6.92 Å². The van der Waals surface area contributed by atoms with E-state index in [1.54, 1.807) is 6.92 Å². The van der Waals surface area contributed by atoms with Gasteiger partial charge >= 0.3 is 5.97 Å². The van der Waals surface area contributed by atoms with E-state index >= 15 is 0 Å². The Morgan fingerprint density at radius 3 is 2.10 bits per heavy atom. The van der Waals surface area contributed by atoms with Crippen LogP contribution < -0.4 is 11.5 Å². The van der Waals surface area contributed by atoms with Crippen LogP contribution in [0.4, 0.5) is 0 Å². The predicted octanol–water partition coefficient (Wildman–Crippen LogP) is -0.759. The highest BCUT2D eigenvalue weighted by molar-refractivity contribution is 5.70. The molecule has 0 saturated heterocycles. The SMILES string of the molecule is CC(CN)C(CN)C(=O)O. The maximum atomic E-state index is 10.4. The average Bonchev–Trinajstić information content (AvgIpc) is 1.88. The molecule has 0 aliphatic heterocycles. The minimum absolute atomic E-state index is 0.0394. The molecule has 4 heteroatoms. The molecule has 60 valence electrons. The molecular formula is C6H14N2O2. The molecule has 0 fully saturated rings. The summed E-state index contributed by atoms with van der Waals surface area (Å²) < 4.78 is 0. The third kappa shape index (κ3) is 2.33. The molecule has 0 aromatic heterocycles. The van der Waals surface area contributed by atoms with Crippen LogP contribution in [0, 0.1) is 11.8 Å². The summed E-state index contributed by atoms with van der Waals surface area (Å²) in [7, 11) is 0. The largest absolute Gasteiger partial charge is 0.481 e. The van der Waals surface area contributed by atoms with Crippen LogP contribution in [0.5, 0.6) is 0 Å². The zero-order chi connectivity index (χ0) is 8.15. The number of hydrogen-bond acceptors (Lipinski definition) is 3. The Labute approximate surface area is 60.2 Å². The van der Waals surface area contributed by atoms with Gasteiger partial charge in [0, 0.05) is 6.54 Å². The maximum Gasteiger partial charge on any atom is 0.308 e. The van der Waals surface area contributed by atoms with Crippen LogP contribution in [-0.4, -0.2) is 24.2 Å². The van der Waals surface area contributed by atoms with Crippen LogP contribution in [0.3, 0.4) is 0 Å². The van der Waals surface area contributed by atoms with Gasteiger partial charge in [0.05, 0.1) is 5.92 Å². The third-order valence-corrected chi connectivity index (χ3v) is 1.63. The van der Waals surface area contributed by atoms with Crippen molar-refractivity contribution in [1.29, 1.82) is 0 Å². The van der Waals surface area contributed by atoms with Gasteiger partial charge < -0.3 is 16.6 Å². The molecule has 0 aromatic carbocycles. The van der Waals surface area contributed by atoms with Crippen LogP contribution in [0.15, 0.2) is 0 Å². The van der Waals surface area contributed by atoms with Gasteiger partial charge in [-0.25, -0.2) is 0 Å². The van der Waals surface area contributed by atoms with E-state index in [9.17, 15) is 4.79 Å². The molecule has 0 bridgehead atoms. The molecule has 4 nitrogen and oxygen atoms in total. The molecule has 0 radical (unpaired) electrons. The number of carbonyl (C=O) groups is 1. The van der Waals surface area contributed by atoms with Gasteiger partial charge in [-0.2, -0.15) is 0 Å². The van der Waals surface area contributed by atoms with Crippen molar-refractivity contribution in [1.82, 2.24) is 0 Å². The first kappa shape index (κ1) is 9.39. The summed E-state index contributed by atoms with van der Waals surface area (Å²) in [5, 5.41) is 8.54. The molecule has 0 rings (SSSR count). The van der Waals surface area contributed by atoms with Crippen molar-refractivity contribution in [3.8, 4) is 0 Å². The van der Waals surface area contributed by atoms with Crippen LogP contribution in [-0.2, 0) is 4.79 Å². The fourth-order valence-corrected chi connectivity index (χ4v) is 0.741. The zero-order valence-electron chi connectivity index (χ0n) is 6.08. The van der Waals surface area contributed by atoms with Gasteiger partial charge in [0.25, 0.3) is 0 Å². The highest BCUT2D eigenvalue weighted by Gasteiger charge is 2.21. The van der Waals surface area contributed by atoms with E-state index in [2.05, 4.69) is 0 Å². The quantitative estimate of drug-likeness (QED) is 0.486. The molecule has 0 heterocycles. The van der Waals surface area contributed by atoms with Gasteiger partial charge in [0.15, 0.2) is 0 Å². The third-order valence-electron chi connectivity index (χ3n) is 1.63. The van der Waals surface area contributed by atoms with Crippen LogP contribution in [0.25, 0.3) is 0 Å². The number of rotatable bonds is 4. The minimum Gasteiger partial charge on any atom is -0.481 e. The van der Waals surface area contributed by atoms with E-state index in [0.29, 0.717) is 6.54 Å². The highest BCUT2D eigenvalue weighted by atomic mass is 16.4. The summed E-state index contributed by atoms with van der Waals surface area (Å²) in [5.41, 5.74) is 10.5. The molecule has 5 N–H and O–H groups in total. The Hall–Kier alpha value is -0.610. The first-order chi connectivity index (χ1) is 4.63. The molecular weight excluding hydrogens is 132 g/mol. The Kier molecular flexibility index (Phi) is 3.99. The Bertz CT molecular complexity index is 116. The summed E-state index contributed by atoms with van der Waals surface area (Å²) >= 11 is 0. The van der Waals surface area contributed by atoms with Crippen molar-refractivity contribution in [3.63, 3.8) is 0 Å². The lowest BCUT2D eigenvalue weighted by molar-refractivity contribution is -0.142. The second kappa shape index (κ2) is 4.24. The monoisotopic (exact) mass is 146 g/mol. The van der Waals surface area contributed by atoms with Crippen molar-refractivity contribution in [2.24, 2.45) is 23.3 Å². The van der Waals surface area contributed by atoms with Crippen LogP contribution in [0.1, 0.15) is 6.92 Å². The lowest BCUT2D eigenvalue weighted by Gasteiger charge is -2.15. The second-order valence-corrected chi connectivity index (χ2v) is 2.39. The smallest absolute Gasteiger partial charge is 0.308 e. The standard InChI is InChI=1S/C6H14N2O2/c1-4(2-7)5(3-8)6(9)10/h4-5H,2-3,7-8H2,1H3,(H,9,10). The highest BCUT2D eigenvalue weighted by Crippen LogP contribution is 2.07. The van der Waals surface area contributed by atoms with Gasteiger partial charge in [-0.3, -0.25) is 4.79 Å². The van der Waals surface area contributed by atoms with Gasteiger partial charge in [-0.05, 0) is 12.5 Å². The molecule has 0 amide bonds. The Morgan fingerprint density at radius 2 is 2.00 bits per heavy atom. The summed E-state index contributed by atoms with van der Waals surface area (Å²) in [5.74, 6) is -1.40. The molecule has 0 aliphatic carbocycles. The summed E-state index contributed by atoms with van der Waals surface area (Å²) in [6.45, 7) is 2.31. The molecule has 0 saturated carbocycles. The summed E-state index contributed by atoms with van der Waals surface area (Å²) in [6.07, 6.45) is 0. The number of carboxylic acids is 1. The molecule has 2 atom stereocenters. The lowest BCUT2D eigenvalue weighted by Crippen LogP contribution is -2.33. The minimum atomic E-state index is -0.861. The number of carboxylic acid groups (broad SMARTS) is 1. The maximum absolute atomic E-state index is 10.4. The van der Waals surface area contributed by atoms with E-state index in [1.807, 2.05) is 0 Å². The van der Waals surface area contributed by atoms with Gasteiger partial charge in [-0.1, -0.05) is 6.92 Å². The molecule has 0 aromatic rings. The first-order valence-corrected chi connectivity index (χ1v) is 3.26. The van der Waals surface area contributed by atoms with Gasteiger partial charge in [0.1, 0.15) is 0 Å². The average molecular weight is 146 g/mol. The van der Waals surface area contributed by atoms with E-state index in [-0.39, 0.29) is 12.5 Å². The molecule has 10 heavy (non-hydrogen) atoms. The lowest BCUT2D eigenvalue weighted by atomic mass is 9.95.